The summed E-state index contributed by atoms with van der Waals surface area (Å²) < 4.78 is 5.21. The Morgan fingerprint density at radius 1 is 1.27 bits per heavy atom. The number of carbonyl (C=O) groups excluding carboxylic acids is 2. The molecule has 2 unspecified atom stereocenters. The van der Waals surface area contributed by atoms with Gasteiger partial charge in [-0.15, -0.1) is 11.8 Å². The zero-order chi connectivity index (χ0) is 18.3. The van der Waals surface area contributed by atoms with Crippen LogP contribution in [0.25, 0.3) is 5.57 Å². The summed E-state index contributed by atoms with van der Waals surface area (Å²) >= 11 is 1.75. The molecular weight excluding hydrogens is 348 g/mol. The zero-order valence-corrected chi connectivity index (χ0v) is 16.1. The highest BCUT2D eigenvalue weighted by Gasteiger charge is 2.53. The van der Waals surface area contributed by atoms with E-state index >= 15 is 0 Å². The Labute approximate surface area is 158 Å². The predicted molar refractivity (Wildman–Crippen MR) is 103 cm³/mol. The molecule has 26 heavy (non-hydrogen) atoms. The molecular formula is C20H24N2O3S. The number of methoxy groups -OCH3 is 1. The van der Waals surface area contributed by atoms with Crippen LogP contribution in [0.4, 0.5) is 0 Å². The van der Waals surface area contributed by atoms with Crippen LogP contribution in [0.2, 0.25) is 0 Å². The van der Waals surface area contributed by atoms with Gasteiger partial charge in [0, 0.05) is 25.3 Å². The van der Waals surface area contributed by atoms with Gasteiger partial charge in [0.25, 0.3) is 0 Å². The number of carbonyl (C=O) groups is 2. The Balaban J connectivity index is 1.45. The first-order valence-corrected chi connectivity index (χ1v) is 10.1. The Morgan fingerprint density at radius 3 is 2.69 bits per heavy atom. The number of fused-ring (bicyclic) bond motifs is 1. The number of rotatable bonds is 3. The number of benzene rings is 1. The fourth-order valence-corrected chi connectivity index (χ4v) is 5.57. The van der Waals surface area contributed by atoms with E-state index in [1.165, 1.54) is 11.1 Å². The van der Waals surface area contributed by atoms with E-state index in [1.807, 2.05) is 21.9 Å². The van der Waals surface area contributed by atoms with Crippen LogP contribution in [0, 0.1) is 0 Å². The van der Waals surface area contributed by atoms with Gasteiger partial charge in [-0.2, -0.15) is 0 Å². The van der Waals surface area contributed by atoms with Crippen molar-refractivity contribution in [1.82, 2.24) is 9.80 Å². The lowest BCUT2D eigenvalue weighted by molar-refractivity contribution is -0.143. The molecule has 0 radical (unpaired) electrons. The van der Waals surface area contributed by atoms with Crippen molar-refractivity contribution >= 4 is 29.1 Å². The zero-order valence-electron chi connectivity index (χ0n) is 15.2. The lowest BCUT2D eigenvalue weighted by Crippen LogP contribution is -2.52. The summed E-state index contributed by atoms with van der Waals surface area (Å²) in [6, 6.07) is 7.75. The highest BCUT2D eigenvalue weighted by atomic mass is 32.2. The number of hydrogen-bond donors (Lipinski definition) is 0. The molecule has 2 saturated heterocycles. The van der Waals surface area contributed by atoms with Crippen molar-refractivity contribution in [1.29, 1.82) is 0 Å². The number of hydrogen-bond acceptors (Lipinski definition) is 4. The third kappa shape index (κ3) is 2.90. The van der Waals surface area contributed by atoms with Crippen LogP contribution in [0.5, 0.6) is 5.75 Å². The molecule has 1 aromatic rings. The summed E-state index contributed by atoms with van der Waals surface area (Å²) in [5, 5.41) is 0. The van der Waals surface area contributed by atoms with Crippen molar-refractivity contribution in [3.8, 4) is 5.75 Å². The molecule has 0 N–H and O–H groups in total. The van der Waals surface area contributed by atoms with Crippen molar-refractivity contribution in [2.75, 3.05) is 26.0 Å². The summed E-state index contributed by atoms with van der Waals surface area (Å²) in [5.74, 6) is 1.79. The van der Waals surface area contributed by atoms with E-state index in [1.54, 1.807) is 18.9 Å². The summed E-state index contributed by atoms with van der Waals surface area (Å²) in [7, 11) is 1.66. The first-order chi connectivity index (χ1) is 12.5. The van der Waals surface area contributed by atoms with E-state index in [9.17, 15) is 9.59 Å². The average Bonchev–Trinajstić information content (AvgIpc) is 3.17. The standard InChI is InChI=1S/C20H24N2O3S/c1-20-10-7-18(23)22(20)17(13-26-20)19(24)21-11-8-15(9-12-21)14-3-5-16(25-2)6-4-14/h3-6,8,17H,7,9-13H2,1-2H3. The fraction of sp³-hybridized carbons (Fsp3) is 0.500. The maximum atomic E-state index is 13.0. The summed E-state index contributed by atoms with van der Waals surface area (Å²) in [6.07, 6.45) is 4.38. The minimum atomic E-state index is -0.295. The first-order valence-electron chi connectivity index (χ1n) is 9.10. The summed E-state index contributed by atoms with van der Waals surface area (Å²) in [6.45, 7) is 3.41. The molecule has 5 nitrogen and oxygen atoms in total. The quantitative estimate of drug-likeness (QED) is 0.819. The van der Waals surface area contributed by atoms with Crippen molar-refractivity contribution in [2.24, 2.45) is 0 Å². The molecule has 2 amide bonds. The van der Waals surface area contributed by atoms with Crippen molar-refractivity contribution in [3.05, 3.63) is 35.9 Å². The molecule has 3 aliphatic heterocycles. The minimum Gasteiger partial charge on any atom is -0.497 e. The van der Waals surface area contributed by atoms with Crippen molar-refractivity contribution < 1.29 is 14.3 Å². The predicted octanol–water partition coefficient (Wildman–Crippen LogP) is 2.76. The molecule has 4 rings (SSSR count). The first kappa shape index (κ1) is 17.5. The summed E-state index contributed by atoms with van der Waals surface area (Å²) in [5.41, 5.74) is 2.44. The van der Waals surface area contributed by atoms with E-state index in [-0.39, 0.29) is 22.7 Å². The Hall–Kier alpha value is -1.95. The molecule has 138 valence electrons. The van der Waals surface area contributed by atoms with Gasteiger partial charge in [0.2, 0.25) is 11.8 Å². The van der Waals surface area contributed by atoms with Gasteiger partial charge < -0.3 is 14.5 Å². The van der Waals surface area contributed by atoms with Gasteiger partial charge in [-0.25, -0.2) is 0 Å². The molecule has 0 aromatic heterocycles. The molecule has 0 saturated carbocycles. The van der Waals surface area contributed by atoms with E-state index in [2.05, 4.69) is 25.1 Å². The molecule has 1 aromatic carbocycles. The lowest BCUT2D eigenvalue weighted by atomic mass is 9.99. The molecule has 0 spiro atoms. The lowest BCUT2D eigenvalue weighted by Gasteiger charge is -2.34. The van der Waals surface area contributed by atoms with Gasteiger partial charge in [0.15, 0.2) is 0 Å². The van der Waals surface area contributed by atoms with Crippen molar-refractivity contribution in [3.63, 3.8) is 0 Å². The maximum absolute atomic E-state index is 13.0. The third-order valence-corrected chi connectivity index (χ3v) is 7.22. The van der Waals surface area contributed by atoms with Gasteiger partial charge in [0.1, 0.15) is 11.8 Å². The van der Waals surface area contributed by atoms with E-state index in [0.717, 1.165) is 18.6 Å². The van der Waals surface area contributed by atoms with E-state index < -0.39 is 0 Å². The second-order valence-corrected chi connectivity index (χ2v) is 8.76. The van der Waals surface area contributed by atoms with Gasteiger partial charge >= 0.3 is 0 Å². The molecule has 2 atom stereocenters. The maximum Gasteiger partial charge on any atom is 0.246 e. The van der Waals surface area contributed by atoms with Crippen LogP contribution >= 0.6 is 11.8 Å². The van der Waals surface area contributed by atoms with Gasteiger partial charge in [-0.05, 0) is 43.0 Å². The van der Waals surface area contributed by atoms with Gasteiger partial charge in [-0.1, -0.05) is 18.2 Å². The van der Waals surface area contributed by atoms with Crippen LogP contribution in [0.1, 0.15) is 31.7 Å². The fourth-order valence-electron chi connectivity index (χ4n) is 4.15. The monoisotopic (exact) mass is 372 g/mol. The van der Waals surface area contributed by atoms with Crippen LogP contribution < -0.4 is 4.74 Å². The highest BCUT2D eigenvalue weighted by Crippen LogP contribution is 2.47. The highest BCUT2D eigenvalue weighted by molar-refractivity contribution is 8.01. The molecule has 3 heterocycles. The number of thioether (sulfide) groups is 1. The van der Waals surface area contributed by atoms with Crippen LogP contribution in [-0.2, 0) is 9.59 Å². The minimum absolute atomic E-state index is 0.0986. The SMILES string of the molecule is COc1ccc(C2=CCN(C(=O)C3CSC4(C)CCC(=O)N34)CC2)cc1. The molecule has 3 aliphatic rings. The van der Waals surface area contributed by atoms with Crippen LogP contribution in [0.15, 0.2) is 30.3 Å². The molecule has 0 aliphatic carbocycles. The average molecular weight is 372 g/mol. The second-order valence-electron chi connectivity index (χ2n) is 7.26. The molecule has 2 fully saturated rings. The Bertz CT molecular complexity index is 761. The Kier molecular flexibility index (Phi) is 4.47. The van der Waals surface area contributed by atoms with E-state index in [0.29, 0.717) is 25.3 Å². The van der Waals surface area contributed by atoms with Crippen LogP contribution in [0.3, 0.4) is 0 Å². The Morgan fingerprint density at radius 2 is 2.04 bits per heavy atom. The van der Waals surface area contributed by atoms with Crippen LogP contribution in [-0.4, -0.2) is 58.5 Å². The number of ether oxygens (including phenoxy) is 1. The van der Waals surface area contributed by atoms with E-state index in [4.69, 9.17) is 4.74 Å². The molecule has 6 heteroatoms. The largest absolute Gasteiger partial charge is 0.497 e. The topological polar surface area (TPSA) is 49.9 Å². The second kappa shape index (κ2) is 6.65. The normalized spacial score (nSPS) is 28.2. The van der Waals surface area contributed by atoms with Gasteiger partial charge in [-0.3, -0.25) is 9.59 Å². The third-order valence-electron chi connectivity index (χ3n) is 5.71. The number of nitrogens with zero attached hydrogens (tertiary/aromatic N) is 2. The number of amides is 2. The molecule has 0 bridgehead atoms. The summed E-state index contributed by atoms with van der Waals surface area (Å²) in [4.78, 5) is 28.9. The smallest absolute Gasteiger partial charge is 0.246 e. The van der Waals surface area contributed by atoms with Gasteiger partial charge in [0.05, 0.1) is 12.0 Å². The van der Waals surface area contributed by atoms with Crippen molar-refractivity contribution in [2.45, 2.75) is 37.1 Å².